The van der Waals surface area contributed by atoms with Crippen LogP contribution in [-0.4, -0.2) is 47.7 Å². The van der Waals surface area contributed by atoms with Gasteiger partial charge in [-0.1, -0.05) is 23.5 Å². The molecule has 2 aromatic rings. The number of rotatable bonds is 7. The van der Waals surface area contributed by atoms with Crippen molar-refractivity contribution in [3.63, 3.8) is 0 Å². The summed E-state index contributed by atoms with van der Waals surface area (Å²) in [6.45, 7) is 4.51. The summed E-state index contributed by atoms with van der Waals surface area (Å²) in [5.41, 5.74) is 1.03. The van der Waals surface area contributed by atoms with E-state index in [9.17, 15) is 9.59 Å². The maximum Gasteiger partial charge on any atom is 0.243 e. The van der Waals surface area contributed by atoms with Crippen LogP contribution in [0.25, 0.3) is 0 Å². The van der Waals surface area contributed by atoms with Crippen LogP contribution in [0.1, 0.15) is 38.2 Å². The Morgan fingerprint density at radius 1 is 1.21 bits per heavy atom. The highest BCUT2D eigenvalue weighted by atomic mass is 32.1. The number of aromatic nitrogens is 2. The first-order valence-corrected chi connectivity index (χ1v) is 10.9. The SMILES string of the molecule is CCOc1ccc(CNC(=O)[C@H]2CCCN2c2nnc(N3CCCC3=O)s2)cc1. The van der Waals surface area contributed by atoms with Crippen LogP contribution in [0.15, 0.2) is 24.3 Å². The molecule has 0 radical (unpaired) electrons. The standard InChI is InChI=1S/C20H25N5O3S/c1-2-28-15-9-7-14(8-10-15)13-21-18(27)16-5-3-11-24(16)19-22-23-20(29-19)25-12-4-6-17(25)26/h7-10,16H,2-6,11-13H2,1H3,(H,21,27)/t16-/m1/s1. The highest BCUT2D eigenvalue weighted by Crippen LogP contribution is 2.33. The largest absolute Gasteiger partial charge is 0.494 e. The molecule has 2 aliphatic heterocycles. The van der Waals surface area contributed by atoms with Crippen LogP contribution >= 0.6 is 11.3 Å². The number of amides is 2. The Hall–Kier alpha value is -2.68. The number of carbonyl (C=O) groups excluding carboxylic acids is 2. The summed E-state index contributed by atoms with van der Waals surface area (Å²) in [5, 5.41) is 12.8. The first-order chi connectivity index (χ1) is 14.2. The van der Waals surface area contributed by atoms with Crippen molar-refractivity contribution < 1.29 is 14.3 Å². The van der Waals surface area contributed by atoms with E-state index in [0.717, 1.165) is 37.1 Å². The van der Waals surface area contributed by atoms with Crippen molar-refractivity contribution in [2.45, 2.75) is 45.2 Å². The van der Waals surface area contributed by atoms with Crippen LogP contribution in [0.3, 0.4) is 0 Å². The normalized spacial score (nSPS) is 19.1. The molecule has 1 aromatic heterocycles. The molecule has 1 N–H and O–H groups in total. The molecule has 0 saturated carbocycles. The zero-order valence-corrected chi connectivity index (χ0v) is 17.3. The van der Waals surface area contributed by atoms with Gasteiger partial charge in [-0.2, -0.15) is 0 Å². The summed E-state index contributed by atoms with van der Waals surface area (Å²) in [7, 11) is 0. The number of benzene rings is 1. The number of carbonyl (C=O) groups is 2. The smallest absolute Gasteiger partial charge is 0.243 e. The van der Waals surface area contributed by atoms with Crippen LogP contribution in [0.2, 0.25) is 0 Å². The van der Waals surface area contributed by atoms with Crippen LogP contribution < -0.4 is 19.9 Å². The number of hydrogen-bond acceptors (Lipinski definition) is 7. The van der Waals surface area contributed by atoms with Gasteiger partial charge in [0.25, 0.3) is 0 Å². The Balaban J connectivity index is 1.37. The molecule has 0 unspecified atom stereocenters. The molecule has 29 heavy (non-hydrogen) atoms. The van der Waals surface area contributed by atoms with Crippen molar-refractivity contribution in [1.29, 1.82) is 0 Å². The van der Waals surface area contributed by atoms with E-state index < -0.39 is 0 Å². The summed E-state index contributed by atoms with van der Waals surface area (Å²) in [5.74, 6) is 0.914. The second-order valence-electron chi connectivity index (χ2n) is 7.16. The third-order valence-electron chi connectivity index (χ3n) is 5.21. The van der Waals surface area contributed by atoms with Gasteiger partial charge in [0.2, 0.25) is 22.1 Å². The fourth-order valence-corrected chi connectivity index (χ4v) is 4.69. The average Bonchev–Trinajstić information content (AvgIpc) is 3.47. The van der Waals surface area contributed by atoms with Crippen molar-refractivity contribution >= 4 is 33.4 Å². The van der Waals surface area contributed by atoms with Crippen molar-refractivity contribution in [3.05, 3.63) is 29.8 Å². The van der Waals surface area contributed by atoms with Gasteiger partial charge in [-0.15, -0.1) is 10.2 Å². The number of hydrogen-bond donors (Lipinski definition) is 1. The summed E-state index contributed by atoms with van der Waals surface area (Å²) < 4.78 is 5.45. The topological polar surface area (TPSA) is 87.7 Å². The number of anilines is 2. The molecule has 2 amide bonds. The van der Waals surface area contributed by atoms with E-state index in [0.29, 0.717) is 36.4 Å². The Labute approximate surface area is 173 Å². The van der Waals surface area contributed by atoms with Gasteiger partial charge in [0.05, 0.1) is 6.61 Å². The molecule has 9 heteroatoms. The second-order valence-corrected chi connectivity index (χ2v) is 8.10. The molecule has 0 spiro atoms. The molecule has 2 saturated heterocycles. The summed E-state index contributed by atoms with van der Waals surface area (Å²) in [4.78, 5) is 28.4. The summed E-state index contributed by atoms with van der Waals surface area (Å²) in [6.07, 6.45) is 3.13. The predicted octanol–water partition coefficient (Wildman–Crippen LogP) is 2.35. The Morgan fingerprint density at radius 2 is 2.00 bits per heavy atom. The van der Waals surface area contributed by atoms with Gasteiger partial charge in [-0.05, 0) is 43.9 Å². The van der Waals surface area contributed by atoms with Gasteiger partial charge in [0, 0.05) is 26.1 Å². The molecule has 8 nitrogen and oxygen atoms in total. The average molecular weight is 416 g/mol. The Morgan fingerprint density at radius 3 is 2.72 bits per heavy atom. The molecule has 154 valence electrons. The van der Waals surface area contributed by atoms with E-state index in [1.165, 1.54) is 11.3 Å². The van der Waals surface area contributed by atoms with Gasteiger partial charge in [-0.3, -0.25) is 14.5 Å². The van der Waals surface area contributed by atoms with E-state index in [-0.39, 0.29) is 17.9 Å². The van der Waals surface area contributed by atoms with E-state index in [1.807, 2.05) is 36.1 Å². The van der Waals surface area contributed by atoms with Gasteiger partial charge in [0.1, 0.15) is 11.8 Å². The molecule has 2 aliphatic rings. The minimum atomic E-state index is -0.257. The summed E-state index contributed by atoms with van der Waals surface area (Å²) >= 11 is 1.39. The lowest BCUT2D eigenvalue weighted by atomic mass is 10.2. The first kappa shape index (κ1) is 19.6. The number of nitrogens with zero attached hydrogens (tertiary/aromatic N) is 4. The van der Waals surface area contributed by atoms with Crippen molar-refractivity contribution in [2.24, 2.45) is 0 Å². The van der Waals surface area contributed by atoms with Crippen molar-refractivity contribution in [3.8, 4) is 5.75 Å². The lowest BCUT2D eigenvalue weighted by Gasteiger charge is -2.22. The molecule has 0 aliphatic carbocycles. The minimum Gasteiger partial charge on any atom is -0.494 e. The van der Waals surface area contributed by atoms with Crippen LogP contribution in [0, 0.1) is 0 Å². The third-order valence-corrected chi connectivity index (χ3v) is 6.19. The van der Waals surface area contributed by atoms with Crippen LogP contribution in [0.5, 0.6) is 5.75 Å². The third kappa shape index (κ3) is 4.34. The van der Waals surface area contributed by atoms with Gasteiger partial charge in [0.15, 0.2) is 0 Å². The highest BCUT2D eigenvalue weighted by molar-refractivity contribution is 7.19. The van der Waals surface area contributed by atoms with Gasteiger partial charge in [-0.25, -0.2) is 0 Å². The molecule has 0 bridgehead atoms. The number of ether oxygens (including phenoxy) is 1. The zero-order chi connectivity index (χ0) is 20.2. The monoisotopic (exact) mass is 415 g/mol. The quantitative estimate of drug-likeness (QED) is 0.747. The maximum atomic E-state index is 12.8. The fourth-order valence-electron chi connectivity index (χ4n) is 3.73. The molecular formula is C20H25N5O3S. The molecule has 1 atom stereocenters. The summed E-state index contributed by atoms with van der Waals surface area (Å²) in [6, 6.07) is 7.49. The van der Waals surface area contributed by atoms with Crippen molar-refractivity contribution in [2.75, 3.05) is 29.5 Å². The Bertz CT molecular complexity index is 869. The van der Waals surface area contributed by atoms with Gasteiger partial charge >= 0.3 is 0 Å². The Kier molecular flexibility index (Phi) is 5.94. The van der Waals surface area contributed by atoms with E-state index in [1.54, 1.807) is 4.90 Å². The van der Waals surface area contributed by atoms with Crippen molar-refractivity contribution in [1.82, 2.24) is 15.5 Å². The minimum absolute atomic E-state index is 0.00890. The van der Waals surface area contributed by atoms with E-state index in [2.05, 4.69) is 15.5 Å². The van der Waals surface area contributed by atoms with Crippen LogP contribution in [0.4, 0.5) is 10.3 Å². The van der Waals surface area contributed by atoms with E-state index >= 15 is 0 Å². The molecule has 4 rings (SSSR count). The lowest BCUT2D eigenvalue weighted by molar-refractivity contribution is -0.122. The highest BCUT2D eigenvalue weighted by Gasteiger charge is 2.34. The molecule has 2 fully saturated rings. The predicted molar refractivity (Wildman–Crippen MR) is 111 cm³/mol. The zero-order valence-electron chi connectivity index (χ0n) is 16.5. The maximum absolute atomic E-state index is 12.8. The van der Waals surface area contributed by atoms with Crippen LogP contribution in [-0.2, 0) is 16.1 Å². The van der Waals surface area contributed by atoms with Gasteiger partial charge < -0.3 is 15.0 Å². The second kappa shape index (κ2) is 8.77. The lowest BCUT2D eigenvalue weighted by Crippen LogP contribution is -2.43. The number of nitrogens with one attached hydrogen (secondary N) is 1. The van der Waals surface area contributed by atoms with E-state index in [4.69, 9.17) is 4.74 Å². The first-order valence-electron chi connectivity index (χ1n) is 10.1. The molecular weight excluding hydrogens is 390 g/mol. The molecule has 3 heterocycles. The fraction of sp³-hybridized carbons (Fsp3) is 0.500. The molecule has 1 aromatic carbocycles.